The first-order chi connectivity index (χ1) is 14.0. The van der Waals surface area contributed by atoms with Gasteiger partial charge in [-0.3, -0.25) is 29.0 Å². The van der Waals surface area contributed by atoms with E-state index in [0.29, 0.717) is 29.6 Å². The van der Waals surface area contributed by atoms with Crippen LogP contribution >= 0.6 is 0 Å². The number of rotatable bonds is 7. The molecule has 0 atom stereocenters. The minimum absolute atomic E-state index is 0.232. The average Bonchev–Trinajstić information content (AvgIpc) is 3.04. The Morgan fingerprint density at radius 3 is 2.21 bits per heavy atom. The fourth-order valence-electron chi connectivity index (χ4n) is 3.77. The summed E-state index contributed by atoms with van der Waals surface area (Å²) in [6.45, 7) is 3.03. The van der Waals surface area contributed by atoms with Crippen LogP contribution in [0.1, 0.15) is 40.5 Å². The van der Waals surface area contributed by atoms with Crippen LogP contribution in [0.2, 0.25) is 0 Å². The molecule has 0 saturated carbocycles. The van der Waals surface area contributed by atoms with Crippen LogP contribution < -0.4 is 5.32 Å². The van der Waals surface area contributed by atoms with E-state index in [1.807, 2.05) is 13.0 Å². The van der Waals surface area contributed by atoms with Crippen LogP contribution in [0.15, 0.2) is 42.5 Å². The van der Waals surface area contributed by atoms with Crippen molar-refractivity contribution in [2.24, 2.45) is 0 Å². The number of carbonyl (C=O) groups excluding carboxylic acids is 4. The Hall–Kier alpha value is -3.48. The summed E-state index contributed by atoms with van der Waals surface area (Å²) in [7, 11) is 0. The largest absolute Gasteiger partial charge is 0.383 e. The van der Waals surface area contributed by atoms with Gasteiger partial charge in [-0.2, -0.15) is 0 Å². The third-order valence-corrected chi connectivity index (χ3v) is 5.28. The first-order valence-electron chi connectivity index (χ1n) is 9.72. The predicted octanol–water partition coefficient (Wildman–Crippen LogP) is 2.57. The molecule has 1 N–H and O–H groups in total. The molecular formula is C22H21N3O4. The molecular weight excluding hydrogens is 370 g/mol. The van der Waals surface area contributed by atoms with Crippen molar-refractivity contribution < 1.29 is 19.2 Å². The van der Waals surface area contributed by atoms with Crippen molar-refractivity contribution in [3.05, 3.63) is 53.6 Å². The van der Waals surface area contributed by atoms with E-state index in [2.05, 4.69) is 5.32 Å². The minimum Gasteiger partial charge on any atom is -0.383 e. The maximum absolute atomic E-state index is 12.9. The van der Waals surface area contributed by atoms with Crippen LogP contribution in [0.5, 0.6) is 0 Å². The first-order valence-corrected chi connectivity index (χ1v) is 9.72. The van der Waals surface area contributed by atoms with Crippen molar-refractivity contribution in [2.75, 3.05) is 25.0 Å². The highest BCUT2D eigenvalue weighted by Crippen LogP contribution is 2.34. The SMILES string of the molecule is CCCCN1C(=O)c2cccc3c(NCCN4C(=O)C=CC4=O)ccc(c23)C1=O. The van der Waals surface area contributed by atoms with Crippen molar-refractivity contribution in [1.29, 1.82) is 0 Å². The molecule has 0 aliphatic carbocycles. The van der Waals surface area contributed by atoms with E-state index in [1.165, 1.54) is 17.1 Å². The van der Waals surface area contributed by atoms with Gasteiger partial charge < -0.3 is 5.32 Å². The third kappa shape index (κ3) is 3.18. The molecule has 0 fully saturated rings. The average molecular weight is 391 g/mol. The highest BCUT2D eigenvalue weighted by Gasteiger charge is 2.32. The molecule has 0 radical (unpaired) electrons. The summed E-state index contributed by atoms with van der Waals surface area (Å²) in [5.41, 5.74) is 1.79. The zero-order valence-electron chi connectivity index (χ0n) is 16.1. The number of nitrogens with zero attached hydrogens (tertiary/aromatic N) is 2. The van der Waals surface area contributed by atoms with Gasteiger partial charge in [0.2, 0.25) is 0 Å². The van der Waals surface area contributed by atoms with Gasteiger partial charge in [0.25, 0.3) is 23.6 Å². The molecule has 0 saturated heterocycles. The molecule has 2 aromatic carbocycles. The van der Waals surface area contributed by atoms with E-state index < -0.39 is 0 Å². The van der Waals surface area contributed by atoms with Gasteiger partial charge in [0.05, 0.1) is 0 Å². The molecule has 29 heavy (non-hydrogen) atoms. The van der Waals surface area contributed by atoms with Crippen LogP contribution in [0, 0.1) is 0 Å². The second-order valence-corrected chi connectivity index (χ2v) is 7.09. The summed E-state index contributed by atoms with van der Waals surface area (Å²) >= 11 is 0. The Bertz CT molecular complexity index is 1030. The number of benzene rings is 2. The van der Waals surface area contributed by atoms with E-state index in [4.69, 9.17) is 0 Å². The van der Waals surface area contributed by atoms with Gasteiger partial charge in [0, 0.05) is 59.4 Å². The van der Waals surface area contributed by atoms with Crippen LogP contribution in [0.25, 0.3) is 10.8 Å². The lowest BCUT2D eigenvalue weighted by molar-refractivity contribution is -0.136. The summed E-state index contributed by atoms with van der Waals surface area (Å²) in [6.07, 6.45) is 4.18. The monoisotopic (exact) mass is 391 g/mol. The fourth-order valence-corrected chi connectivity index (χ4v) is 3.77. The van der Waals surface area contributed by atoms with E-state index >= 15 is 0 Å². The van der Waals surface area contributed by atoms with Gasteiger partial charge in [-0.25, -0.2) is 0 Å². The molecule has 0 bridgehead atoms. The van der Waals surface area contributed by atoms with Gasteiger partial charge in [0.15, 0.2) is 0 Å². The highest BCUT2D eigenvalue weighted by molar-refractivity contribution is 6.26. The quantitative estimate of drug-likeness (QED) is 0.733. The maximum atomic E-state index is 12.9. The molecule has 148 valence electrons. The van der Waals surface area contributed by atoms with E-state index in [0.717, 1.165) is 28.8 Å². The van der Waals surface area contributed by atoms with Crippen LogP contribution in [-0.2, 0) is 9.59 Å². The first kappa shape index (κ1) is 18.9. The maximum Gasteiger partial charge on any atom is 0.261 e. The molecule has 0 aromatic heterocycles. The highest BCUT2D eigenvalue weighted by atomic mass is 16.2. The zero-order valence-corrected chi connectivity index (χ0v) is 16.1. The second kappa shape index (κ2) is 7.50. The molecule has 0 unspecified atom stereocenters. The molecule has 4 rings (SSSR count). The van der Waals surface area contributed by atoms with Gasteiger partial charge in [-0.05, 0) is 24.6 Å². The molecule has 4 amide bonds. The van der Waals surface area contributed by atoms with Crippen LogP contribution in [0.4, 0.5) is 5.69 Å². The van der Waals surface area contributed by atoms with E-state index in [-0.39, 0.29) is 30.2 Å². The van der Waals surface area contributed by atoms with E-state index in [1.54, 1.807) is 24.3 Å². The van der Waals surface area contributed by atoms with Crippen molar-refractivity contribution in [3.63, 3.8) is 0 Å². The molecule has 7 nitrogen and oxygen atoms in total. The van der Waals surface area contributed by atoms with Gasteiger partial charge in [0.1, 0.15) is 0 Å². The lowest BCUT2D eigenvalue weighted by Crippen LogP contribution is -2.40. The molecule has 2 aromatic rings. The molecule has 7 heteroatoms. The van der Waals surface area contributed by atoms with Crippen molar-refractivity contribution in [2.45, 2.75) is 19.8 Å². The topological polar surface area (TPSA) is 86.8 Å². The standard InChI is InChI=1S/C22H21N3O4/c1-2-3-12-25-21(28)15-6-4-5-14-17(8-7-16(20(14)15)22(25)29)23-11-13-24-18(26)9-10-19(24)27/h4-10,23H,2-3,11-13H2,1H3. The second-order valence-electron chi connectivity index (χ2n) is 7.09. The van der Waals surface area contributed by atoms with E-state index in [9.17, 15) is 19.2 Å². The van der Waals surface area contributed by atoms with Gasteiger partial charge in [-0.15, -0.1) is 0 Å². The minimum atomic E-state index is -0.322. The Kier molecular flexibility index (Phi) is 4.88. The Morgan fingerprint density at radius 2 is 1.52 bits per heavy atom. The van der Waals surface area contributed by atoms with Gasteiger partial charge in [-0.1, -0.05) is 25.5 Å². The Balaban J connectivity index is 1.61. The number of anilines is 1. The van der Waals surface area contributed by atoms with Gasteiger partial charge >= 0.3 is 0 Å². The summed E-state index contributed by atoms with van der Waals surface area (Å²) in [5, 5.41) is 4.64. The number of hydrogen-bond acceptors (Lipinski definition) is 5. The lowest BCUT2D eigenvalue weighted by Gasteiger charge is -2.28. The normalized spacial score (nSPS) is 15.8. The van der Waals surface area contributed by atoms with Crippen molar-refractivity contribution in [1.82, 2.24) is 9.80 Å². The molecule has 0 spiro atoms. The summed E-state index contributed by atoms with van der Waals surface area (Å²) in [5.74, 6) is -1.18. The predicted molar refractivity (Wildman–Crippen MR) is 109 cm³/mol. The molecule has 2 aliphatic heterocycles. The Labute approximate surface area is 168 Å². The van der Waals surface area contributed by atoms with Crippen LogP contribution in [-0.4, -0.2) is 53.1 Å². The number of carbonyl (C=O) groups is 4. The smallest absolute Gasteiger partial charge is 0.261 e. The zero-order chi connectivity index (χ0) is 20.5. The number of imide groups is 2. The summed E-state index contributed by atoms with van der Waals surface area (Å²) < 4.78 is 0. The summed E-state index contributed by atoms with van der Waals surface area (Å²) in [6, 6.07) is 8.95. The van der Waals surface area contributed by atoms with Crippen molar-refractivity contribution >= 4 is 40.1 Å². The van der Waals surface area contributed by atoms with Crippen LogP contribution in [0.3, 0.4) is 0 Å². The van der Waals surface area contributed by atoms with Crippen molar-refractivity contribution in [3.8, 4) is 0 Å². The number of nitrogens with one attached hydrogen (secondary N) is 1. The molecule has 2 heterocycles. The number of unbranched alkanes of at least 4 members (excludes halogenated alkanes) is 1. The number of hydrogen-bond donors (Lipinski definition) is 1. The molecule has 2 aliphatic rings. The number of amides is 4. The lowest BCUT2D eigenvalue weighted by atomic mass is 9.93. The Morgan fingerprint density at radius 1 is 0.828 bits per heavy atom. The third-order valence-electron chi connectivity index (χ3n) is 5.28. The fraction of sp³-hybridized carbons (Fsp3) is 0.273. The summed E-state index contributed by atoms with van der Waals surface area (Å²) in [4.78, 5) is 51.6.